The van der Waals surface area contributed by atoms with Crippen LogP contribution in [0, 0.1) is 0 Å². The fourth-order valence-corrected chi connectivity index (χ4v) is 2.61. The Morgan fingerprint density at radius 1 is 1.22 bits per heavy atom. The van der Waals surface area contributed by atoms with Crippen molar-refractivity contribution in [2.75, 3.05) is 0 Å². The number of nitrogens with zero attached hydrogens (tertiary/aromatic N) is 2. The minimum Gasteiger partial charge on any atom is -0.376 e. The van der Waals surface area contributed by atoms with Gasteiger partial charge in [0.25, 0.3) is 5.56 Å². The molecule has 1 N–H and O–H groups in total. The van der Waals surface area contributed by atoms with Crippen LogP contribution in [0.4, 0.5) is 0 Å². The fourth-order valence-electron chi connectivity index (χ4n) is 1.91. The summed E-state index contributed by atoms with van der Waals surface area (Å²) in [5, 5.41) is 11.3. The van der Waals surface area contributed by atoms with Gasteiger partial charge in [0.05, 0.1) is 15.9 Å². The number of para-hydroxylation sites is 2. The first kappa shape index (κ1) is 11.1. The molecule has 0 aliphatic carbocycles. The molecule has 2 aromatic heterocycles. The molecule has 0 aliphatic heterocycles. The number of fused-ring (bicyclic) bond motifs is 1. The minimum atomic E-state index is -0.347. The summed E-state index contributed by atoms with van der Waals surface area (Å²) in [6.07, 6.45) is 0. The van der Waals surface area contributed by atoms with Crippen LogP contribution in [0.5, 0.6) is 0 Å². The third-order valence-corrected chi connectivity index (χ3v) is 3.63. The van der Waals surface area contributed by atoms with E-state index in [0.29, 0.717) is 16.7 Å². The molecule has 90 valence electrons. The van der Waals surface area contributed by atoms with Gasteiger partial charge in [-0.25, -0.2) is 4.98 Å². The second-order valence-electron chi connectivity index (χ2n) is 3.80. The lowest BCUT2D eigenvalue weighted by molar-refractivity contribution is 0.211. The van der Waals surface area contributed by atoms with Crippen molar-refractivity contribution in [3.63, 3.8) is 0 Å². The van der Waals surface area contributed by atoms with Crippen LogP contribution in [0.25, 0.3) is 21.6 Å². The molecule has 4 nitrogen and oxygen atoms in total. The molecule has 0 saturated heterocycles. The Labute approximate surface area is 107 Å². The molecule has 0 unspecified atom stereocenters. The number of benzene rings is 1. The van der Waals surface area contributed by atoms with E-state index in [9.17, 15) is 9.90 Å². The monoisotopic (exact) mass is 258 g/mol. The van der Waals surface area contributed by atoms with Gasteiger partial charge in [0.1, 0.15) is 12.4 Å². The summed E-state index contributed by atoms with van der Waals surface area (Å²) in [4.78, 5) is 17.5. The molecule has 2 heterocycles. The van der Waals surface area contributed by atoms with Gasteiger partial charge in [-0.1, -0.05) is 18.2 Å². The van der Waals surface area contributed by atoms with E-state index >= 15 is 0 Å². The number of hydrogen-bond donors (Lipinski definition) is 1. The zero-order valence-electron chi connectivity index (χ0n) is 9.41. The number of aromatic nitrogens is 2. The molecular formula is C13H10N2O2S. The molecule has 3 aromatic rings. The average Bonchev–Trinajstić information content (AvgIpc) is 2.92. The maximum absolute atomic E-state index is 12.3. The number of aliphatic hydroxyl groups excluding tert-OH is 1. The Balaban J connectivity index is 2.41. The topological polar surface area (TPSA) is 55.1 Å². The first-order valence-corrected chi connectivity index (χ1v) is 6.33. The van der Waals surface area contributed by atoms with Crippen LogP contribution in [-0.4, -0.2) is 14.7 Å². The van der Waals surface area contributed by atoms with E-state index in [0.717, 1.165) is 4.88 Å². The largest absolute Gasteiger partial charge is 0.376 e. The molecule has 0 spiro atoms. The molecule has 0 bridgehead atoms. The van der Waals surface area contributed by atoms with Crippen LogP contribution in [-0.2, 0) is 6.73 Å². The maximum Gasteiger partial charge on any atom is 0.280 e. The molecule has 0 amide bonds. The Kier molecular flexibility index (Phi) is 2.70. The Morgan fingerprint density at radius 3 is 2.78 bits per heavy atom. The van der Waals surface area contributed by atoms with E-state index < -0.39 is 0 Å². The summed E-state index contributed by atoms with van der Waals surface area (Å²) < 4.78 is 1.33. The summed E-state index contributed by atoms with van der Waals surface area (Å²) in [7, 11) is 0. The first-order chi connectivity index (χ1) is 8.81. The molecule has 1 aromatic carbocycles. The van der Waals surface area contributed by atoms with Gasteiger partial charge < -0.3 is 5.11 Å². The highest BCUT2D eigenvalue weighted by molar-refractivity contribution is 7.13. The lowest BCUT2D eigenvalue weighted by Gasteiger charge is -2.08. The van der Waals surface area contributed by atoms with Crippen LogP contribution in [0.3, 0.4) is 0 Å². The Bertz CT molecular complexity index is 747. The maximum atomic E-state index is 12.3. The highest BCUT2D eigenvalue weighted by Gasteiger charge is 2.12. The van der Waals surface area contributed by atoms with Crippen molar-refractivity contribution in [1.29, 1.82) is 0 Å². The van der Waals surface area contributed by atoms with Gasteiger partial charge in [-0.3, -0.25) is 9.36 Å². The highest BCUT2D eigenvalue weighted by Crippen LogP contribution is 2.21. The molecule has 0 radical (unpaired) electrons. The van der Waals surface area contributed by atoms with Crippen molar-refractivity contribution in [3.05, 3.63) is 52.1 Å². The van der Waals surface area contributed by atoms with Crippen molar-refractivity contribution in [3.8, 4) is 10.6 Å². The van der Waals surface area contributed by atoms with Crippen molar-refractivity contribution >= 4 is 22.4 Å². The van der Waals surface area contributed by atoms with Gasteiger partial charge in [0.15, 0.2) is 0 Å². The van der Waals surface area contributed by atoms with Crippen molar-refractivity contribution in [2.45, 2.75) is 6.73 Å². The minimum absolute atomic E-state index is 0.265. The zero-order valence-corrected chi connectivity index (χ0v) is 10.2. The number of thiophene rings is 1. The van der Waals surface area contributed by atoms with E-state index in [-0.39, 0.29) is 12.3 Å². The smallest absolute Gasteiger partial charge is 0.280 e. The number of aliphatic hydroxyl groups is 1. The fraction of sp³-hybridized carbons (Fsp3) is 0.0769. The van der Waals surface area contributed by atoms with Crippen LogP contribution in [0.1, 0.15) is 0 Å². The predicted molar refractivity (Wildman–Crippen MR) is 71.5 cm³/mol. The van der Waals surface area contributed by atoms with E-state index in [4.69, 9.17) is 0 Å². The van der Waals surface area contributed by atoms with E-state index in [2.05, 4.69) is 4.98 Å². The summed E-state index contributed by atoms with van der Waals surface area (Å²) in [6, 6.07) is 11.0. The average molecular weight is 258 g/mol. The molecular weight excluding hydrogens is 248 g/mol. The lowest BCUT2D eigenvalue weighted by atomic mass is 10.2. The number of hydrogen-bond acceptors (Lipinski definition) is 4. The molecule has 0 saturated carbocycles. The molecule has 3 rings (SSSR count). The summed E-state index contributed by atoms with van der Waals surface area (Å²) in [5.74, 6) is 0. The molecule has 5 heteroatoms. The highest BCUT2D eigenvalue weighted by atomic mass is 32.1. The Hall–Kier alpha value is -1.98. The molecule has 0 fully saturated rings. The number of rotatable bonds is 2. The summed E-state index contributed by atoms with van der Waals surface area (Å²) in [6.45, 7) is -0.347. The summed E-state index contributed by atoms with van der Waals surface area (Å²) >= 11 is 1.46. The third kappa shape index (κ3) is 1.64. The normalized spacial score (nSPS) is 10.9. The van der Waals surface area contributed by atoms with E-state index in [1.54, 1.807) is 6.07 Å². The molecule has 18 heavy (non-hydrogen) atoms. The van der Waals surface area contributed by atoms with Crippen LogP contribution >= 0.6 is 11.3 Å². The van der Waals surface area contributed by atoms with Gasteiger partial charge in [-0.2, -0.15) is 0 Å². The molecule has 0 aliphatic rings. The van der Waals surface area contributed by atoms with Crippen LogP contribution in [0.2, 0.25) is 0 Å². The summed E-state index contributed by atoms with van der Waals surface area (Å²) in [5.41, 5.74) is 1.47. The van der Waals surface area contributed by atoms with Crippen molar-refractivity contribution in [1.82, 2.24) is 9.55 Å². The van der Waals surface area contributed by atoms with Gasteiger partial charge in [-0.05, 0) is 23.6 Å². The standard InChI is InChI=1S/C13H10N2O2S/c16-8-15-10-5-2-1-4-9(10)14-12(13(15)17)11-6-3-7-18-11/h1-7,16H,8H2. The van der Waals surface area contributed by atoms with Gasteiger partial charge in [-0.15, -0.1) is 11.3 Å². The second kappa shape index (κ2) is 4.36. The van der Waals surface area contributed by atoms with Gasteiger partial charge >= 0.3 is 0 Å². The second-order valence-corrected chi connectivity index (χ2v) is 4.75. The molecule has 0 atom stereocenters. The van der Waals surface area contributed by atoms with Gasteiger partial charge in [0.2, 0.25) is 0 Å². The van der Waals surface area contributed by atoms with Crippen LogP contribution in [0.15, 0.2) is 46.6 Å². The quantitative estimate of drug-likeness (QED) is 0.765. The Morgan fingerprint density at radius 2 is 2.06 bits per heavy atom. The third-order valence-electron chi connectivity index (χ3n) is 2.75. The van der Waals surface area contributed by atoms with Crippen molar-refractivity contribution < 1.29 is 5.11 Å². The van der Waals surface area contributed by atoms with Crippen LogP contribution < -0.4 is 5.56 Å². The van der Waals surface area contributed by atoms with Gasteiger partial charge in [0, 0.05) is 0 Å². The zero-order chi connectivity index (χ0) is 12.5. The lowest BCUT2D eigenvalue weighted by Crippen LogP contribution is -2.23. The van der Waals surface area contributed by atoms with E-state index in [1.165, 1.54) is 15.9 Å². The first-order valence-electron chi connectivity index (χ1n) is 5.45. The predicted octanol–water partition coefficient (Wildman–Crippen LogP) is 2.07. The SMILES string of the molecule is O=c1c(-c2cccs2)nc2ccccc2n1CO. The van der Waals surface area contributed by atoms with Crippen molar-refractivity contribution in [2.24, 2.45) is 0 Å². The van der Waals surface area contributed by atoms with E-state index in [1.807, 2.05) is 35.7 Å².